The third-order valence-electron chi connectivity index (χ3n) is 8.90. The van der Waals surface area contributed by atoms with Crippen LogP contribution in [0.1, 0.15) is 37.7 Å². The van der Waals surface area contributed by atoms with Gasteiger partial charge in [-0.05, 0) is 62.9 Å². The molecule has 11 heteroatoms. The van der Waals surface area contributed by atoms with E-state index in [-0.39, 0.29) is 44.9 Å². The van der Waals surface area contributed by atoms with Crippen molar-refractivity contribution < 1.29 is 23.2 Å². The number of aromatic nitrogens is 3. The van der Waals surface area contributed by atoms with Crippen molar-refractivity contribution in [3.63, 3.8) is 0 Å². The number of halogens is 2. The second-order valence-electron chi connectivity index (χ2n) is 11.6. The normalized spacial score (nSPS) is 20.6. The highest BCUT2D eigenvalue weighted by atomic mass is 31.1. The van der Waals surface area contributed by atoms with E-state index in [1.165, 1.54) is 30.5 Å². The number of terminal acetylenes is 1. The molecule has 43 heavy (non-hydrogen) atoms. The average molecular weight is 605 g/mol. The number of ether oxygens (including phenoxy) is 1. The molecule has 8 nitrogen and oxygen atoms in total. The lowest BCUT2D eigenvalue weighted by atomic mass is 9.76. The fraction of sp³-hybridized carbons (Fsp3) is 0.406. The van der Waals surface area contributed by atoms with E-state index < -0.39 is 19.4 Å². The number of phenolic OH excluding ortho intramolecular Hbond substituents is 1. The maximum Gasteiger partial charge on any atom is 0.337 e. The molecule has 0 bridgehead atoms. The Kier molecular flexibility index (Phi) is 7.89. The summed E-state index contributed by atoms with van der Waals surface area (Å²) in [5.74, 6) is 1.09. The van der Waals surface area contributed by atoms with Gasteiger partial charge in [0.2, 0.25) is 0 Å². The standard InChI is InChI=1S/C32H32F2N5O3P/c1-4-21-24(33)9-8-19-15-20(40)16-22(26(19)21)28-27(34)29-23(17-36-28)30(35-12-14-43(3)41)38-31(37-29)42-18-32-10-5-7-25(32)39(2)13-6-11-32/h1,8-9,15-17,25H,5-7,10-14,18H2,2-3H3,(H-,35,36,37,38,40)/p+1. The second kappa shape index (κ2) is 11.6. The number of fused-ring (bicyclic) bond motifs is 3. The van der Waals surface area contributed by atoms with Gasteiger partial charge in [0.1, 0.15) is 35.3 Å². The van der Waals surface area contributed by atoms with E-state index in [0.717, 1.165) is 38.6 Å². The molecule has 0 spiro atoms. The van der Waals surface area contributed by atoms with Crippen molar-refractivity contribution in [3.05, 3.63) is 47.7 Å². The highest BCUT2D eigenvalue weighted by Gasteiger charge is 2.47. The summed E-state index contributed by atoms with van der Waals surface area (Å²) in [6.45, 7) is 3.46. The Balaban J connectivity index is 1.46. The lowest BCUT2D eigenvalue weighted by Gasteiger charge is -2.44. The van der Waals surface area contributed by atoms with Gasteiger partial charge >= 0.3 is 13.8 Å². The van der Waals surface area contributed by atoms with Gasteiger partial charge in [-0.3, -0.25) is 4.98 Å². The number of nitrogens with zero attached hydrogens (tertiary/aromatic N) is 4. The molecule has 6 rings (SSSR count). The van der Waals surface area contributed by atoms with Crippen molar-refractivity contribution in [1.29, 1.82) is 0 Å². The largest absolute Gasteiger partial charge is 0.508 e. The lowest BCUT2D eigenvalue weighted by molar-refractivity contribution is 0.0133. The number of hydrogen-bond acceptors (Lipinski definition) is 8. The van der Waals surface area contributed by atoms with E-state index in [1.54, 1.807) is 6.66 Å². The summed E-state index contributed by atoms with van der Waals surface area (Å²) >= 11 is 0. The van der Waals surface area contributed by atoms with Crippen LogP contribution in [0.4, 0.5) is 14.6 Å². The molecule has 2 aromatic heterocycles. The van der Waals surface area contributed by atoms with Crippen molar-refractivity contribution in [2.75, 3.05) is 44.9 Å². The summed E-state index contributed by atoms with van der Waals surface area (Å²) in [6.07, 6.45) is 12.9. The molecule has 2 aliphatic rings. The number of likely N-dealkylation sites (tertiary alicyclic amines) is 1. The van der Waals surface area contributed by atoms with Crippen molar-refractivity contribution in [3.8, 4) is 35.4 Å². The third-order valence-corrected chi connectivity index (χ3v) is 9.75. The van der Waals surface area contributed by atoms with Gasteiger partial charge in [0.05, 0.1) is 24.1 Å². The smallest absolute Gasteiger partial charge is 0.337 e. The topological polar surface area (TPSA) is 100 Å². The number of aromatic hydroxyl groups is 1. The fourth-order valence-electron chi connectivity index (χ4n) is 6.89. The van der Waals surface area contributed by atoms with E-state index in [1.807, 2.05) is 0 Å². The number of benzene rings is 2. The second-order valence-corrected chi connectivity index (χ2v) is 13.3. The predicted molar refractivity (Wildman–Crippen MR) is 164 cm³/mol. The van der Waals surface area contributed by atoms with Gasteiger partial charge in [0, 0.05) is 28.6 Å². The van der Waals surface area contributed by atoms with Gasteiger partial charge in [-0.2, -0.15) is 9.97 Å². The van der Waals surface area contributed by atoms with Gasteiger partial charge in [-0.25, -0.2) is 8.78 Å². The number of rotatable bonds is 8. The Hall–Kier alpha value is -3.93. The average Bonchev–Trinajstić information content (AvgIpc) is 3.42. The first-order valence-electron chi connectivity index (χ1n) is 14.4. The van der Waals surface area contributed by atoms with Crippen LogP contribution in [0.2, 0.25) is 0 Å². The van der Waals surface area contributed by atoms with Crippen LogP contribution in [0.15, 0.2) is 30.5 Å². The molecule has 2 N–H and O–H groups in total. The van der Waals surface area contributed by atoms with Gasteiger partial charge < -0.3 is 20.1 Å². The number of nitrogens with one attached hydrogen (secondary N) is 1. The number of phenols is 1. The minimum Gasteiger partial charge on any atom is -0.508 e. The molecule has 1 saturated carbocycles. The van der Waals surface area contributed by atoms with E-state index in [0.29, 0.717) is 41.9 Å². The van der Waals surface area contributed by atoms with Gasteiger partial charge in [-0.1, -0.05) is 23.0 Å². The highest BCUT2D eigenvalue weighted by Crippen LogP contribution is 2.47. The zero-order valence-electron chi connectivity index (χ0n) is 24.2. The molecule has 0 amide bonds. The van der Waals surface area contributed by atoms with Crippen molar-refractivity contribution in [2.45, 2.75) is 38.1 Å². The first-order valence-corrected chi connectivity index (χ1v) is 16.3. The van der Waals surface area contributed by atoms with Crippen LogP contribution < -0.4 is 10.1 Å². The molecule has 1 aliphatic heterocycles. The van der Waals surface area contributed by atoms with Crippen molar-refractivity contribution in [2.24, 2.45) is 5.41 Å². The highest BCUT2D eigenvalue weighted by molar-refractivity contribution is 7.43. The lowest BCUT2D eigenvalue weighted by Crippen LogP contribution is -2.50. The van der Waals surface area contributed by atoms with Gasteiger partial charge in [0.15, 0.2) is 12.0 Å². The summed E-state index contributed by atoms with van der Waals surface area (Å²) < 4.78 is 49.2. The van der Waals surface area contributed by atoms with Crippen LogP contribution in [0.25, 0.3) is 32.9 Å². The summed E-state index contributed by atoms with van der Waals surface area (Å²) in [4.78, 5) is 15.9. The quantitative estimate of drug-likeness (QED) is 0.178. The third kappa shape index (κ3) is 5.37. The molecular formula is C32H33F2N5O3P+. The van der Waals surface area contributed by atoms with Gasteiger partial charge in [0.25, 0.3) is 0 Å². The molecular weight excluding hydrogens is 571 g/mol. The van der Waals surface area contributed by atoms with Crippen LogP contribution in [-0.2, 0) is 4.57 Å². The Morgan fingerprint density at radius 1 is 1.26 bits per heavy atom. The Morgan fingerprint density at radius 3 is 2.86 bits per heavy atom. The van der Waals surface area contributed by atoms with Crippen molar-refractivity contribution in [1.82, 2.24) is 19.9 Å². The molecule has 1 aliphatic carbocycles. The summed E-state index contributed by atoms with van der Waals surface area (Å²) in [5, 5.41) is 14.6. The molecule has 4 aromatic rings. The van der Waals surface area contributed by atoms with Crippen LogP contribution in [-0.4, -0.2) is 70.6 Å². The van der Waals surface area contributed by atoms with Crippen LogP contribution in [0.5, 0.6) is 11.8 Å². The molecule has 3 unspecified atom stereocenters. The van der Waals surface area contributed by atoms with Crippen LogP contribution in [0.3, 0.4) is 0 Å². The summed E-state index contributed by atoms with van der Waals surface area (Å²) in [5.41, 5.74) is -0.129. The monoisotopic (exact) mass is 604 g/mol. The van der Waals surface area contributed by atoms with E-state index in [4.69, 9.17) is 11.2 Å². The minimum atomic E-state index is -1.40. The van der Waals surface area contributed by atoms with Crippen LogP contribution in [0, 0.1) is 29.4 Å². The molecule has 3 atom stereocenters. The zero-order chi connectivity index (χ0) is 30.3. The van der Waals surface area contributed by atoms with Crippen molar-refractivity contribution >= 4 is 35.3 Å². The summed E-state index contributed by atoms with van der Waals surface area (Å²) in [7, 11) is 0.760. The molecule has 3 heterocycles. The zero-order valence-corrected chi connectivity index (χ0v) is 25.1. The fourth-order valence-corrected chi connectivity index (χ4v) is 7.32. The molecule has 2 aromatic carbocycles. The first kappa shape index (κ1) is 29.2. The number of piperidine rings is 1. The van der Waals surface area contributed by atoms with E-state index >= 15 is 4.39 Å². The van der Waals surface area contributed by atoms with E-state index in [2.05, 4.69) is 38.1 Å². The molecule has 0 radical (unpaired) electrons. The minimum absolute atomic E-state index is 0.0162. The molecule has 222 valence electrons. The molecule has 1 saturated heterocycles. The Bertz CT molecular complexity index is 1800. The maximum atomic E-state index is 16.5. The number of anilines is 1. The number of pyridine rings is 1. The first-order chi connectivity index (χ1) is 20.7. The predicted octanol–water partition coefficient (Wildman–Crippen LogP) is 6.32. The SMILES string of the molecule is C#Cc1c(F)ccc2cc(O)cc(-c3ncc4c(NCC[P+](C)=O)nc(OCC56CCCC5N(C)CCC6)nc4c3F)c12. The maximum absolute atomic E-state index is 16.5. The Morgan fingerprint density at radius 2 is 2.07 bits per heavy atom. The van der Waals surface area contributed by atoms with Gasteiger partial charge in [-0.15, -0.1) is 6.42 Å². The van der Waals surface area contributed by atoms with E-state index in [9.17, 15) is 14.1 Å². The number of hydrogen-bond donors (Lipinski definition) is 2. The van der Waals surface area contributed by atoms with Crippen LogP contribution >= 0.6 is 7.80 Å². The summed E-state index contributed by atoms with van der Waals surface area (Å²) in [6, 6.07) is 5.87. The Labute approximate surface area is 249 Å². The molecule has 2 fully saturated rings.